The Balaban J connectivity index is 1.51. The maximum atomic E-state index is 14.1. The molecule has 9 heteroatoms. The lowest BCUT2D eigenvalue weighted by Gasteiger charge is -2.00. The van der Waals surface area contributed by atoms with Crippen molar-refractivity contribution in [2.24, 2.45) is 0 Å². The van der Waals surface area contributed by atoms with Gasteiger partial charge in [-0.2, -0.15) is 0 Å². The number of carbonyl (C=O) groups excluding carboxylic acids is 2. The molecule has 1 aromatic carbocycles. The maximum Gasteiger partial charge on any atom is 0.267 e. The van der Waals surface area contributed by atoms with Crippen LogP contribution in [0.5, 0.6) is 0 Å². The molecule has 0 radical (unpaired) electrons. The lowest BCUT2D eigenvalue weighted by Crippen LogP contribution is -2.17. The van der Waals surface area contributed by atoms with Crippen molar-refractivity contribution < 1.29 is 14.0 Å². The number of hydrogen-bond acceptors (Lipinski definition) is 6. The minimum Gasteiger partial charge on any atom is -0.351 e. The van der Waals surface area contributed by atoms with Crippen molar-refractivity contribution in [3.05, 3.63) is 56.8 Å². The molecular formula is C20H16FN3O2S3. The second-order valence-corrected chi connectivity index (χ2v) is 9.42. The standard InChI is InChI=1S/C20H16FN3O2S3/c1-10-17-13(21)4-3-5-16(17)29-18(10)19(26)24-20-23-14(9-27-20)15-7-6-12(28-15)8-22-11(2)25/h3-7,9H,8H2,1-2H3,(H,22,25)(H,23,24,26). The topological polar surface area (TPSA) is 71.1 Å². The van der Waals surface area contributed by atoms with Gasteiger partial charge >= 0.3 is 0 Å². The summed E-state index contributed by atoms with van der Waals surface area (Å²) in [5.41, 5.74) is 1.40. The first-order valence-electron chi connectivity index (χ1n) is 8.70. The average molecular weight is 446 g/mol. The van der Waals surface area contributed by atoms with Crippen LogP contribution < -0.4 is 10.6 Å². The van der Waals surface area contributed by atoms with E-state index in [2.05, 4.69) is 15.6 Å². The lowest BCUT2D eigenvalue weighted by atomic mass is 10.1. The molecule has 2 amide bonds. The van der Waals surface area contributed by atoms with Crippen LogP contribution in [0.2, 0.25) is 0 Å². The highest BCUT2D eigenvalue weighted by molar-refractivity contribution is 7.21. The first kappa shape index (κ1) is 19.7. The Morgan fingerprint density at radius 2 is 2.00 bits per heavy atom. The molecule has 0 aliphatic rings. The molecule has 2 N–H and O–H groups in total. The monoisotopic (exact) mass is 445 g/mol. The Morgan fingerprint density at radius 1 is 1.17 bits per heavy atom. The molecule has 0 bridgehead atoms. The molecular weight excluding hydrogens is 429 g/mol. The fourth-order valence-electron chi connectivity index (χ4n) is 2.89. The number of amides is 2. The Labute approximate surface area is 178 Å². The molecule has 5 nitrogen and oxygen atoms in total. The number of hydrogen-bond donors (Lipinski definition) is 2. The molecule has 29 heavy (non-hydrogen) atoms. The number of halogens is 1. The van der Waals surface area contributed by atoms with Crippen LogP contribution in [-0.2, 0) is 11.3 Å². The first-order valence-corrected chi connectivity index (χ1v) is 11.2. The molecule has 0 atom stereocenters. The number of thiazole rings is 1. The highest BCUT2D eigenvalue weighted by Gasteiger charge is 2.19. The summed E-state index contributed by atoms with van der Waals surface area (Å²) < 4.78 is 14.8. The van der Waals surface area contributed by atoms with E-state index in [-0.39, 0.29) is 17.6 Å². The van der Waals surface area contributed by atoms with Gasteiger partial charge in [0.25, 0.3) is 5.91 Å². The number of nitrogens with zero attached hydrogens (tertiary/aromatic N) is 1. The van der Waals surface area contributed by atoms with Gasteiger partial charge in [0.2, 0.25) is 5.91 Å². The zero-order valence-electron chi connectivity index (χ0n) is 15.5. The summed E-state index contributed by atoms with van der Waals surface area (Å²) in [6.45, 7) is 3.72. The van der Waals surface area contributed by atoms with Crippen LogP contribution in [0.1, 0.15) is 27.0 Å². The van der Waals surface area contributed by atoms with E-state index in [4.69, 9.17) is 0 Å². The van der Waals surface area contributed by atoms with Gasteiger partial charge in [0.15, 0.2) is 5.13 Å². The normalized spacial score (nSPS) is 11.0. The van der Waals surface area contributed by atoms with Gasteiger partial charge in [-0.1, -0.05) is 6.07 Å². The number of rotatable bonds is 5. The smallest absolute Gasteiger partial charge is 0.267 e. The van der Waals surface area contributed by atoms with Gasteiger partial charge in [0, 0.05) is 27.3 Å². The third-order valence-electron chi connectivity index (χ3n) is 4.26. The number of benzene rings is 1. The van der Waals surface area contributed by atoms with E-state index in [1.807, 2.05) is 23.6 Å². The Kier molecular flexibility index (Phi) is 5.44. The van der Waals surface area contributed by atoms with Gasteiger partial charge in [-0.15, -0.1) is 34.0 Å². The quantitative estimate of drug-likeness (QED) is 0.431. The number of anilines is 1. The zero-order valence-corrected chi connectivity index (χ0v) is 18.0. The molecule has 0 fully saturated rings. The summed E-state index contributed by atoms with van der Waals surface area (Å²) >= 11 is 4.15. The average Bonchev–Trinajstić information content (AvgIpc) is 3.39. The van der Waals surface area contributed by atoms with Gasteiger partial charge in [-0.05, 0) is 36.8 Å². The molecule has 148 valence electrons. The third kappa shape index (κ3) is 4.07. The van der Waals surface area contributed by atoms with E-state index in [1.165, 1.54) is 35.7 Å². The second kappa shape index (κ2) is 8.02. The summed E-state index contributed by atoms with van der Waals surface area (Å²) in [5.74, 6) is -0.684. The van der Waals surface area contributed by atoms with Gasteiger partial charge in [0.05, 0.1) is 22.0 Å². The Morgan fingerprint density at radius 3 is 2.76 bits per heavy atom. The van der Waals surface area contributed by atoms with Crippen LogP contribution >= 0.6 is 34.0 Å². The second-order valence-electron chi connectivity index (χ2n) is 6.34. The number of fused-ring (bicyclic) bond motifs is 1. The molecule has 0 aliphatic carbocycles. The van der Waals surface area contributed by atoms with Crippen LogP contribution in [0.15, 0.2) is 35.7 Å². The number of carbonyl (C=O) groups is 2. The minimum atomic E-state index is -0.320. The van der Waals surface area contributed by atoms with Gasteiger partial charge in [0.1, 0.15) is 5.82 Å². The summed E-state index contributed by atoms with van der Waals surface area (Å²) in [6, 6.07) is 8.75. The summed E-state index contributed by atoms with van der Waals surface area (Å²) in [7, 11) is 0. The fraction of sp³-hybridized carbons (Fsp3) is 0.150. The van der Waals surface area contributed by atoms with Crippen LogP contribution in [0.25, 0.3) is 20.7 Å². The van der Waals surface area contributed by atoms with E-state index in [0.717, 1.165) is 20.1 Å². The van der Waals surface area contributed by atoms with E-state index in [9.17, 15) is 14.0 Å². The maximum absolute atomic E-state index is 14.1. The predicted octanol–water partition coefficient (Wildman–Crippen LogP) is 5.42. The number of nitrogens with one attached hydrogen (secondary N) is 2. The molecule has 0 aliphatic heterocycles. The van der Waals surface area contributed by atoms with E-state index in [0.29, 0.717) is 27.5 Å². The van der Waals surface area contributed by atoms with Crippen molar-refractivity contribution in [3.8, 4) is 10.6 Å². The van der Waals surface area contributed by atoms with E-state index >= 15 is 0 Å². The first-order chi connectivity index (χ1) is 13.9. The zero-order chi connectivity index (χ0) is 20.5. The predicted molar refractivity (Wildman–Crippen MR) is 117 cm³/mol. The summed E-state index contributed by atoms with van der Waals surface area (Å²) in [6.07, 6.45) is 0. The van der Waals surface area contributed by atoms with E-state index in [1.54, 1.807) is 24.3 Å². The highest BCUT2D eigenvalue weighted by atomic mass is 32.1. The van der Waals surface area contributed by atoms with Crippen molar-refractivity contribution in [2.75, 3.05) is 5.32 Å². The molecule has 0 saturated carbocycles. The summed E-state index contributed by atoms with van der Waals surface area (Å²) in [5, 5.41) is 8.44. The molecule has 0 unspecified atom stereocenters. The Hall–Kier alpha value is -2.62. The molecule has 4 aromatic rings. The molecule has 0 saturated heterocycles. The van der Waals surface area contributed by atoms with Gasteiger partial charge in [-0.25, -0.2) is 9.37 Å². The number of thiophene rings is 2. The number of aryl methyl sites for hydroxylation is 1. The molecule has 3 heterocycles. The van der Waals surface area contributed by atoms with Crippen LogP contribution in [0, 0.1) is 12.7 Å². The third-order valence-corrected chi connectivity index (χ3v) is 7.38. The molecule has 4 rings (SSSR count). The highest BCUT2D eigenvalue weighted by Crippen LogP contribution is 2.34. The van der Waals surface area contributed by atoms with Crippen molar-refractivity contribution in [3.63, 3.8) is 0 Å². The minimum absolute atomic E-state index is 0.0741. The van der Waals surface area contributed by atoms with Crippen molar-refractivity contribution in [2.45, 2.75) is 20.4 Å². The number of aromatic nitrogens is 1. The van der Waals surface area contributed by atoms with Gasteiger partial charge < -0.3 is 5.32 Å². The molecule has 3 aromatic heterocycles. The van der Waals surface area contributed by atoms with Crippen molar-refractivity contribution in [1.82, 2.24) is 10.3 Å². The molecule has 0 spiro atoms. The fourth-order valence-corrected chi connectivity index (χ4v) is 5.70. The summed E-state index contributed by atoms with van der Waals surface area (Å²) in [4.78, 5) is 30.7. The van der Waals surface area contributed by atoms with E-state index < -0.39 is 0 Å². The lowest BCUT2D eigenvalue weighted by molar-refractivity contribution is -0.119. The largest absolute Gasteiger partial charge is 0.351 e. The van der Waals surface area contributed by atoms with Crippen LogP contribution in [0.3, 0.4) is 0 Å². The van der Waals surface area contributed by atoms with Crippen LogP contribution in [0.4, 0.5) is 9.52 Å². The Bertz CT molecular complexity index is 1220. The van der Waals surface area contributed by atoms with Gasteiger partial charge in [-0.3, -0.25) is 14.9 Å². The van der Waals surface area contributed by atoms with Crippen LogP contribution in [-0.4, -0.2) is 16.8 Å². The van der Waals surface area contributed by atoms with Crippen molar-refractivity contribution >= 4 is 61.0 Å². The SMILES string of the molecule is CC(=O)NCc1ccc(-c2csc(NC(=O)c3sc4cccc(F)c4c3C)n2)s1. The van der Waals surface area contributed by atoms with Crippen molar-refractivity contribution in [1.29, 1.82) is 0 Å².